The number of thiazole rings is 1. The molecule has 19 heavy (non-hydrogen) atoms. The first-order valence-corrected chi connectivity index (χ1v) is 7.92. The van der Waals surface area contributed by atoms with Crippen molar-refractivity contribution in [2.24, 2.45) is 5.92 Å². The number of nitrogens with one attached hydrogen (secondary N) is 1. The highest BCUT2D eigenvalue weighted by Crippen LogP contribution is 2.27. The van der Waals surface area contributed by atoms with Crippen LogP contribution in [0, 0.1) is 5.92 Å². The van der Waals surface area contributed by atoms with Gasteiger partial charge in [-0.2, -0.15) is 0 Å². The van der Waals surface area contributed by atoms with Gasteiger partial charge < -0.3 is 15.0 Å². The predicted octanol–water partition coefficient (Wildman–Crippen LogP) is 2.50. The molecule has 0 bridgehead atoms. The lowest BCUT2D eigenvalue weighted by Gasteiger charge is -2.31. The van der Waals surface area contributed by atoms with Crippen molar-refractivity contribution in [2.75, 3.05) is 31.7 Å². The Morgan fingerprint density at radius 2 is 2.21 bits per heavy atom. The number of ether oxygens (including phenoxy) is 1. The summed E-state index contributed by atoms with van der Waals surface area (Å²) in [5, 5.41) is 4.61. The Bertz CT molecular complexity index is 373. The average molecular weight is 283 g/mol. The van der Waals surface area contributed by atoms with Crippen molar-refractivity contribution in [1.29, 1.82) is 0 Å². The number of hydrogen-bond acceptors (Lipinski definition) is 5. The van der Waals surface area contributed by atoms with Crippen molar-refractivity contribution in [3.63, 3.8) is 0 Å². The van der Waals surface area contributed by atoms with Crippen molar-refractivity contribution >= 4 is 16.5 Å². The molecular weight excluding hydrogens is 258 g/mol. The molecule has 0 spiro atoms. The van der Waals surface area contributed by atoms with E-state index >= 15 is 0 Å². The lowest BCUT2D eigenvalue weighted by Crippen LogP contribution is -2.34. The SMILES string of the molecule is COCC1CCN(c2ncc(CNC(C)C)s2)CC1. The summed E-state index contributed by atoms with van der Waals surface area (Å²) < 4.78 is 5.24. The van der Waals surface area contributed by atoms with Crippen molar-refractivity contribution in [1.82, 2.24) is 10.3 Å². The van der Waals surface area contributed by atoms with Gasteiger partial charge in [0.25, 0.3) is 0 Å². The number of piperidine rings is 1. The molecule has 1 saturated heterocycles. The molecule has 5 heteroatoms. The quantitative estimate of drug-likeness (QED) is 0.870. The van der Waals surface area contributed by atoms with E-state index in [0.29, 0.717) is 6.04 Å². The summed E-state index contributed by atoms with van der Waals surface area (Å²) in [6.07, 6.45) is 4.44. The number of anilines is 1. The summed E-state index contributed by atoms with van der Waals surface area (Å²) in [4.78, 5) is 8.30. The van der Waals surface area contributed by atoms with Crippen molar-refractivity contribution in [3.8, 4) is 0 Å². The Balaban J connectivity index is 1.82. The summed E-state index contributed by atoms with van der Waals surface area (Å²) in [5.74, 6) is 0.725. The van der Waals surface area contributed by atoms with Gasteiger partial charge in [-0.15, -0.1) is 11.3 Å². The molecule has 1 aliphatic rings. The first-order valence-electron chi connectivity index (χ1n) is 7.11. The van der Waals surface area contributed by atoms with Gasteiger partial charge in [0, 0.05) is 50.5 Å². The Hall–Kier alpha value is -0.650. The summed E-state index contributed by atoms with van der Waals surface area (Å²) in [7, 11) is 1.79. The minimum absolute atomic E-state index is 0.523. The second-order valence-electron chi connectivity index (χ2n) is 5.53. The maximum absolute atomic E-state index is 5.24. The molecule has 0 amide bonds. The third-order valence-electron chi connectivity index (χ3n) is 3.51. The first-order chi connectivity index (χ1) is 9.19. The Kier molecular flexibility index (Phi) is 5.60. The van der Waals surface area contributed by atoms with E-state index in [2.05, 4.69) is 29.0 Å². The zero-order chi connectivity index (χ0) is 13.7. The van der Waals surface area contributed by atoms with E-state index in [0.717, 1.165) is 32.2 Å². The molecule has 1 aromatic rings. The van der Waals surface area contributed by atoms with Crippen LogP contribution in [0.15, 0.2) is 6.20 Å². The van der Waals surface area contributed by atoms with E-state index < -0.39 is 0 Å². The molecule has 108 valence electrons. The van der Waals surface area contributed by atoms with E-state index in [1.165, 1.54) is 22.9 Å². The van der Waals surface area contributed by atoms with E-state index in [1.807, 2.05) is 17.5 Å². The highest BCUT2D eigenvalue weighted by Gasteiger charge is 2.21. The predicted molar refractivity (Wildman–Crippen MR) is 80.9 cm³/mol. The standard InChI is InChI=1S/C14H25N3OS/c1-11(2)15-8-13-9-16-14(19-13)17-6-4-12(5-7-17)10-18-3/h9,11-12,15H,4-8,10H2,1-3H3. The summed E-state index contributed by atoms with van der Waals surface area (Å²) >= 11 is 1.82. The molecule has 0 saturated carbocycles. The van der Waals surface area contributed by atoms with Gasteiger partial charge in [0.1, 0.15) is 0 Å². The molecule has 0 aliphatic carbocycles. The van der Waals surface area contributed by atoms with Crippen LogP contribution in [0.3, 0.4) is 0 Å². The van der Waals surface area contributed by atoms with Crippen LogP contribution in [-0.4, -0.2) is 37.8 Å². The lowest BCUT2D eigenvalue weighted by atomic mass is 9.98. The number of rotatable bonds is 6. The van der Waals surface area contributed by atoms with Gasteiger partial charge in [-0.05, 0) is 18.8 Å². The smallest absolute Gasteiger partial charge is 0.185 e. The Morgan fingerprint density at radius 3 is 2.84 bits per heavy atom. The van der Waals surface area contributed by atoms with Crippen LogP contribution in [0.25, 0.3) is 0 Å². The van der Waals surface area contributed by atoms with Crippen LogP contribution < -0.4 is 10.2 Å². The highest BCUT2D eigenvalue weighted by atomic mass is 32.1. The molecule has 2 heterocycles. The zero-order valence-corrected chi connectivity index (χ0v) is 13.0. The molecule has 1 fully saturated rings. The third-order valence-corrected chi connectivity index (χ3v) is 4.57. The van der Waals surface area contributed by atoms with Crippen molar-refractivity contribution < 1.29 is 4.74 Å². The molecule has 0 aromatic carbocycles. The molecule has 0 radical (unpaired) electrons. The van der Waals surface area contributed by atoms with Crippen LogP contribution in [0.5, 0.6) is 0 Å². The summed E-state index contributed by atoms with van der Waals surface area (Å²) in [5.41, 5.74) is 0. The zero-order valence-electron chi connectivity index (χ0n) is 12.2. The highest BCUT2D eigenvalue weighted by molar-refractivity contribution is 7.15. The molecule has 1 N–H and O–H groups in total. The van der Waals surface area contributed by atoms with Gasteiger partial charge in [0.2, 0.25) is 0 Å². The Morgan fingerprint density at radius 1 is 1.47 bits per heavy atom. The molecule has 0 unspecified atom stereocenters. The summed E-state index contributed by atoms with van der Waals surface area (Å²) in [6, 6.07) is 0.523. The topological polar surface area (TPSA) is 37.4 Å². The molecule has 1 aromatic heterocycles. The minimum atomic E-state index is 0.523. The van der Waals surface area contributed by atoms with Crippen LogP contribution in [0.1, 0.15) is 31.6 Å². The van der Waals surface area contributed by atoms with Gasteiger partial charge in [0.05, 0.1) is 0 Å². The van der Waals surface area contributed by atoms with Crippen LogP contribution in [0.2, 0.25) is 0 Å². The number of hydrogen-bond donors (Lipinski definition) is 1. The van der Waals surface area contributed by atoms with Gasteiger partial charge in [-0.1, -0.05) is 13.8 Å². The van der Waals surface area contributed by atoms with E-state index in [9.17, 15) is 0 Å². The number of nitrogens with zero attached hydrogens (tertiary/aromatic N) is 2. The second-order valence-corrected chi connectivity index (χ2v) is 6.62. The average Bonchev–Trinajstić information content (AvgIpc) is 2.86. The monoisotopic (exact) mass is 283 g/mol. The third kappa shape index (κ3) is 4.44. The molecule has 1 aliphatic heterocycles. The Labute approximate surface area is 120 Å². The number of methoxy groups -OCH3 is 1. The van der Waals surface area contributed by atoms with Gasteiger partial charge in [0.15, 0.2) is 5.13 Å². The van der Waals surface area contributed by atoms with E-state index in [-0.39, 0.29) is 0 Å². The maximum Gasteiger partial charge on any atom is 0.185 e. The normalized spacial score (nSPS) is 17.4. The summed E-state index contributed by atoms with van der Waals surface area (Å²) in [6.45, 7) is 8.38. The molecule has 0 atom stereocenters. The second kappa shape index (κ2) is 7.22. The minimum Gasteiger partial charge on any atom is -0.384 e. The lowest BCUT2D eigenvalue weighted by molar-refractivity contribution is 0.139. The van der Waals surface area contributed by atoms with Crippen molar-refractivity contribution in [3.05, 3.63) is 11.1 Å². The van der Waals surface area contributed by atoms with E-state index in [4.69, 9.17) is 4.74 Å². The van der Waals surface area contributed by atoms with Crippen LogP contribution in [-0.2, 0) is 11.3 Å². The van der Waals surface area contributed by atoms with Crippen LogP contribution in [0.4, 0.5) is 5.13 Å². The van der Waals surface area contributed by atoms with E-state index in [1.54, 1.807) is 7.11 Å². The fourth-order valence-electron chi connectivity index (χ4n) is 2.36. The first kappa shape index (κ1) is 14.8. The molecule has 2 rings (SSSR count). The fraction of sp³-hybridized carbons (Fsp3) is 0.786. The van der Waals surface area contributed by atoms with Crippen molar-refractivity contribution in [2.45, 2.75) is 39.3 Å². The largest absolute Gasteiger partial charge is 0.384 e. The number of aromatic nitrogens is 1. The molecule has 4 nitrogen and oxygen atoms in total. The fourth-order valence-corrected chi connectivity index (χ4v) is 3.27. The van der Waals surface area contributed by atoms with Gasteiger partial charge >= 0.3 is 0 Å². The van der Waals surface area contributed by atoms with Gasteiger partial charge in [-0.25, -0.2) is 4.98 Å². The maximum atomic E-state index is 5.24. The molecular formula is C14H25N3OS. The van der Waals surface area contributed by atoms with Crippen LogP contribution >= 0.6 is 11.3 Å². The van der Waals surface area contributed by atoms with Gasteiger partial charge in [-0.3, -0.25) is 0 Å².